The maximum absolute atomic E-state index is 12.7. The minimum atomic E-state index is -4.63. The van der Waals surface area contributed by atoms with Gasteiger partial charge in [-0.05, 0) is 11.6 Å². The Kier molecular flexibility index (Phi) is 4.36. The van der Waals surface area contributed by atoms with Crippen molar-refractivity contribution >= 4 is 27.6 Å². The highest BCUT2D eigenvalue weighted by molar-refractivity contribution is 9.10. The molecular weight excluding hydrogens is 349 g/mol. The van der Waals surface area contributed by atoms with Crippen LogP contribution >= 0.6 is 15.9 Å². The van der Waals surface area contributed by atoms with Crippen LogP contribution in [-0.2, 0) is 12.7 Å². The molecule has 4 nitrogen and oxygen atoms in total. The van der Waals surface area contributed by atoms with Gasteiger partial charge in [0, 0.05) is 24.1 Å². The lowest BCUT2D eigenvalue weighted by atomic mass is 10.2. The molecule has 2 rings (SSSR count). The second-order valence-corrected chi connectivity index (χ2v) is 5.27. The first-order valence-electron chi connectivity index (χ1n) is 5.93. The maximum atomic E-state index is 12.7. The predicted octanol–water partition coefficient (Wildman–Crippen LogP) is 3.48. The summed E-state index contributed by atoms with van der Waals surface area (Å²) in [6.45, 7) is 0.384. The van der Waals surface area contributed by atoms with Crippen molar-refractivity contribution in [3.8, 4) is 0 Å². The number of anilines is 2. The topological polar surface area (TPSA) is 55.0 Å². The van der Waals surface area contributed by atoms with Gasteiger partial charge in [0.2, 0.25) is 5.82 Å². The van der Waals surface area contributed by atoms with Crippen molar-refractivity contribution in [2.45, 2.75) is 12.7 Å². The molecule has 2 N–H and O–H groups in total. The van der Waals surface area contributed by atoms with Crippen LogP contribution in [0.25, 0.3) is 0 Å². The van der Waals surface area contributed by atoms with E-state index in [1.54, 1.807) is 11.9 Å². The number of hydrogen-bond donors (Lipinski definition) is 1. The summed E-state index contributed by atoms with van der Waals surface area (Å²) in [5, 5.41) is 0. The number of benzene rings is 1. The Labute approximate surface area is 127 Å². The molecule has 112 valence electrons. The average Bonchev–Trinajstić information content (AvgIpc) is 2.39. The summed E-state index contributed by atoms with van der Waals surface area (Å²) in [6, 6.07) is 8.75. The van der Waals surface area contributed by atoms with E-state index in [-0.39, 0.29) is 11.6 Å². The second kappa shape index (κ2) is 5.88. The third-order valence-electron chi connectivity index (χ3n) is 2.74. The van der Waals surface area contributed by atoms with Crippen molar-refractivity contribution < 1.29 is 13.2 Å². The fourth-order valence-electron chi connectivity index (χ4n) is 1.74. The second-order valence-electron chi connectivity index (χ2n) is 4.42. The van der Waals surface area contributed by atoms with Gasteiger partial charge >= 0.3 is 6.18 Å². The summed E-state index contributed by atoms with van der Waals surface area (Å²) < 4.78 is 39.0. The van der Waals surface area contributed by atoms with Gasteiger partial charge in [-0.25, -0.2) is 9.97 Å². The standard InChI is InChI=1S/C13H12BrF3N4/c1-21(7-8-4-2-3-5-9(8)14)11-6-10(18)19-12(20-11)13(15,16)17/h2-6H,7H2,1H3,(H2,18,19,20). The van der Waals surface area contributed by atoms with Gasteiger partial charge in [-0.2, -0.15) is 13.2 Å². The third kappa shape index (κ3) is 3.84. The highest BCUT2D eigenvalue weighted by Gasteiger charge is 2.35. The molecule has 1 aromatic carbocycles. The number of aromatic nitrogens is 2. The average molecular weight is 361 g/mol. The molecule has 0 aliphatic heterocycles. The zero-order chi connectivity index (χ0) is 15.6. The first-order valence-corrected chi connectivity index (χ1v) is 6.73. The number of nitrogens with two attached hydrogens (primary N) is 1. The van der Waals surface area contributed by atoms with Crippen molar-refractivity contribution in [3.05, 3.63) is 46.2 Å². The Bertz CT molecular complexity index is 646. The van der Waals surface area contributed by atoms with Gasteiger partial charge in [0.25, 0.3) is 0 Å². The van der Waals surface area contributed by atoms with Crippen molar-refractivity contribution in [2.24, 2.45) is 0 Å². The molecule has 0 aliphatic rings. The smallest absolute Gasteiger partial charge is 0.384 e. The fourth-order valence-corrected chi connectivity index (χ4v) is 2.15. The summed E-state index contributed by atoms with van der Waals surface area (Å²) in [7, 11) is 1.64. The summed E-state index contributed by atoms with van der Waals surface area (Å²) in [5.74, 6) is -1.34. The van der Waals surface area contributed by atoms with Gasteiger partial charge in [0.1, 0.15) is 11.6 Å². The minimum absolute atomic E-state index is 0.116. The molecule has 0 saturated heterocycles. The molecule has 0 atom stereocenters. The SMILES string of the molecule is CN(Cc1ccccc1Br)c1cc(N)nc(C(F)(F)F)n1. The number of halogens is 4. The van der Waals surface area contributed by atoms with Crippen molar-refractivity contribution in [2.75, 3.05) is 17.7 Å². The van der Waals surface area contributed by atoms with Crippen LogP contribution in [0.1, 0.15) is 11.4 Å². The Morgan fingerprint density at radius 1 is 1.24 bits per heavy atom. The molecule has 0 spiro atoms. The van der Waals surface area contributed by atoms with Crippen LogP contribution < -0.4 is 10.6 Å². The number of nitrogen functional groups attached to an aromatic ring is 1. The number of rotatable bonds is 3. The normalized spacial score (nSPS) is 11.5. The lowest BCUT2D eigenvalue weighted by Crippen LogP contribution is -2.21. The van der Waals surface area contributed by atoms with Crippen molar-refractivity contribution in [1.82, 2.24) is 9.97 Å². The monoisotopic (exact) mass is 360 g/mol. The number of nitrogens with zero attached hydrogens (tertiary/aromatic N) is 3. The molecule has 21 heavy (non-hydrogen) atoms. The van der Waals surface area contributed by atoms with Crippen LogP contribution in [0.2, 0.25) is 0 Å². The summed E-state index contributed by atoms with van der Waals surface area (Å²) in [6.07, 6.45) is -4.63. The fraction of sp³-hybridized carbons (Fsp3) is 0.231. The van der Waals surface area contributed by atoms with Gasteiger partial charge < -0.3 is 10.6 Å². The van der Waals surface area contributed by atoms with E-state index in [0.717, 1.165) is 10.0 Å². The zero-order valence-corrected chi connectivity index (χ0v) is 12.6. The van der Waals surface area contributed by atoms with E-state index in [1.165, 1.54) is 6.07 Å². The van der Waals surface area contributed by atoms with Crippen LogP contribution in [0.3, 0.4) is 0 Å². The van der Waals surface area contributed by atoms with Crippen LogP contribution in [0.5, 0.6) is 0 Å². The van der Waals surface area contributed by atoms with E-state index in [1.807, 2.05) is 24.3 Å². The highest BCUT2D eigenvalue weighted by Crippen LogP contribution is 2.29. The van der Waals surface area contributed by atoms with E-state index in [9.17, 15) is 13.2 Å². The molecule has 1 aromatic heterocycles. The molecule has 0 saturated carbocycles. The van der Waals surface area contributed by atoms with Crippen LogP contribution in [-0.4, -0.2) is 17.0 Å². The molecule has 1 heterocycles. The van der Waals surface area contributed by atoms with Crippen LogP contribution in [0, 0.1) is 0 Å². The Balaban J connectivity index is 2.29. The van der Waals surface area contributed by atoms with E-state index in [0.29, 0.717) is 6.54 Å². The molecule has 0 amide bonds. The highest BCUT2D eigenvalue weighted by atomic mass is 79.9. The van der Waals surface area contributed by atoms with Gasteiger partial charge in [-0.15, -0.1) is 0 Å². The van der Waals surface area contributed by atoms with E-state index in [4.69, 9.17) is 5.73 Å². The summed E-state index contributed by atoms with van der Waals surface area (Å²) in [4.78, 5) is 8.32. The summed E-state index contributed by atoms with van der Waals surface area (Å²) in [5.41, 5.74) is 6.35. The molecule has 0 radical (unpaired) electrons. The molecular formula is C13H12BrF3N4. The van der Waals surface area contributed by atoms with Gasteiger partial charge in [-0.1, -0.05) is 34.1 Å². The van der Waals surface area contributed by atoms with Crippen molar-refractivity contribution in [3.63, 3.8) is 0 Å². The van der Waals surface area contributed by atoms with Crippen LogP contribution in [0.15, 0.2) is 34.8 Å². The molecule has 0 aliphatic carbocycles. The Morgan fingerprint density at radius 3 is 2.52 bits per heavy atom. The Hall–Kier alpha value is -1.83. The Morgan fingerprint density at radius 2 is 1.90 bits per heavy atom. The van der Waals surface area contributed by atoms with E-state index in [2.05, 4.69) is 25.9 Å². The first kappa shape index (κ1) is 15.6. The maximum Gasteiger partial charge on any atom is 0.451 e. The van der Waals surface area contributed by atoms with E-state index >= 15 is 0 Å². The first-order chi connectivity index (χ1) is 9.77. The van der Waals surface area contributed by atoms with E-state index < -0.39 is 12.0 Å². The lowest BCUT2D eigenvalue weighted by Gasteiger charge is -2.20. The number of alkyl halides is 3. The third-order valence-corrected chi connectivity index (χ3v) is 3.52. The van der Waals surface area contributed by atoms with Gasteiger partial charge in [0.15, 0.2) is 0 Å². The van der Waals surface area contributed by atoms with Crippen LogP contribution in [0.4, 0.5) is 24.8 Å². The largest absolute Gasteiger partial charge is 0.451 e. The molecule has 0 bridgehead atoms. The quantitative estimate of drug-likeness (QED) is 0.910. The summed E-state index contributed by atoms with van der Waals surface area (Å²) >= 11 is 3.39. The molecule has 2 aromatic rings. The zero-order valence-electron chi connectivity index (χ0n) is 11.0. The predicted molar refractivity (Wildman–Crippen MR) is 77.7 cm³/mol. The lowest BCUT2D eigenvalue weighted by molar-refractivity contribution is -0.144. The van der Waals surface area contributed by atoms with Gasteiger partial charge in [0.05, 0.1) is 0 Å². The molecule has 8 heteroatoms. The number of hydrogen-bond acceptors (Lipinski definition) is 4. The molecule has 0 unspecified atom stereocenters. The molecule has 0 fully saturated rings. The van der Waals surface area contributed by atoms with Gasteiger partial charge in [-0.3, -0.25) is 0 Å². The minimum Gasteiger partial charge on any atom is -0.384 e. The van der Waals surface area contributed by atoms with Crippen molar-refractivity contribution in [1.29, 1.82) is 0 Å².